The molecule has 0 radical (unpaired) electrons. The number of unbranched alkanes of at least 4 members (excludes halogenated alkanes) is 4. The van der Waals surface area contributed by atoms with E-state index in [4.69, 9.17) is 0 Å². The fourth-order valence-electron chi connectivity index (χ4n) is 1.23. The zero-order valence-electron chi connectivity index (χ0n) is 8.97. The molecule has 0 aromatic heterocycles. The standard InChI is InChI=1S/C11H24N/c1-5-6-7-8-9-10-11-12(2,3)4/h5H,1,6-11H2,2-4H3/q+1. The van der Waals surface area contributed by atoms with E-state index in [1.165, 1.54) is 38.6 Å². The lowest BCUT2D eigenvalue weighted by molar-refractivity contribution is -0.870. The second-order valence-corrected chi connectivity index (χ2v) is 4.51. The van der Waals surface area contributed by atoms with Gasteiger partial charge in [0, 0.05) is 0 Å². The Morgan fingerprint density at radius 3 is 2.08 bits per heavy atom. The first-order valence-electron chi connectivity index (χ1n) is 4.97. The van der Waals surface area contributed by atoms with Gasteiger partial charge in [0.25, 0.3) is 0 Å². The van der Waals surface area contributed by atoms with Crippen molar-refractivity contribution in [1.82, 2.24) is 0 Å². The van der Waals surface area contributed by atoms with E-state index in [1.807, 2.05) is 6.08 Å². The van der Waals surface area contributed by atoms with Crippen LogP contribution in [0.5, 0.6) is 0 Å². The normalized spacial score (nSPS) is 11.6. The van der Waals surface area contributed by atoms with Crippen LogP contribution in [-0.4, -0.2) is 32.2 Å². The van der Waals surface area contributed by atoms with Crippen molar-refractivity contribution in [1.29, 1.82) is 0 Å². The Morgan fingerprint density at radius 1 is 1.00 bits per heavy atom. The van der Waals surface area contributed by atoms with Crippen molar-refractivity contribution in [2.75, 3.05) is 27.7 Å². The van der Waals surface area contributed by atoms with Gasteiger partial charge in [0.1, 0.15) is 0 Å². The smallest absolute Gasteiger partial charge is 0.0780 e. The summed E-state index contributed by atoms with van der Waals surface area (Å²) < 4.78 is 1.10. The van der Waals surface area contributed by atoms with E-state index >= 15 is 0 Å². The van der Waals surface area contributed by atoms with E-state index in [2.05, 4.69) is 27.7 Å². The Hall–Kier alpha value is -0.300. The second-order valence-electron chi connectivity index (χ2n) is 4.51. The van der Waals surface area contributed by atoms with Crippen molar-refractivity contribution in [3.8, 4) is 0 Å². The molecule has 0 saturated carbocycles. The van der Waals surface area contributed by atoms with Crippen LogP contribution >= 0.6 is 0 Å². The Kier molecular flexibility index (Phi) is 6.09. The number of hydrogen-bond acceptors (Lipinski definition) is 0. The van der Waals surface area contributed by atoms with E-state index in [9.17, 15) is 0 Å². The Balaban J connectivity index is 3.06. The maximum Gasteiger partial charge on any atom is 0.0780 e. The predicted octanol–water partition coefficient (Wildman–Crippen LogP) is 2.83. The summed E-state index contributed by atoms with van der Waals surface area (Å²) in [6, 6.07) is 0. The third kappa shape index (κ3) is 9.70. The van der Waals surface area contributed by atoms with Gasteiger partial charge in [-0.25, -0.2) is 0 Å². The van der Waals surface area contributed by atoms with Crippen molar-refractivity contribution in [2.24, 2.45) is 0 Å². The van der Waals surface area contributed by atoms with Gasteiger partial charge in [-0.3, -0.25) is 0 Å². The molecule has 0 unspecified atom stereocenters. The van der Waals surface area contributed by atoms with Crippen LogP contribution in [0.3, 0.4) is 0 Å². The number of allylic oxidation sites excluding steroid dienone is 1. The topological polar surface area (TPSA) is 0 Å². The predicted molar refractivity (Wildman–Crippen MR) is 56.2 cm³/mol. The molecule has 12 heavy (non-hydrogen) atoms. The van der Waals surface area contributed by atoms with Crippen LogP contribution in [-0.2, 0) is 0 Å². The van der Waals surface area contributed by atoms with Crippen molar-refractivity contribution >= 4 is 0 Å². The van der Waals surface area contributed by atoms with Gasteiger partial charge in [-0.1, -0.05) is 12.5 Å². The van der Waals surface area contributed by atoms with Crippen LogP contribution in [0.15, 0.2) is 12.7 Å². The second kappa shape index (κ2) is 6.24. The molecule has 0 aliphatic heterocycles. The highest BCUT2D eigenvalue weighted by Crippen LogP contribution is 2.05. The molecule has 0 heterocycles. The summed E-state index contributed by atoms with van der Waals surface area (Å²) in [7, 11) is 6.76. The summed E-state index contributed by atoms with van der Waals surface area (Å²) in [5, 5.41) is 0. The maximum atomic E-state index is 3.71. The third-order valence-corrected chi connectivity index (χ3v) is 1.99. The average molecular weight is 170 g/mol. The van der Waals surface area contributed by atoms with Gasteiger partial charge in [0.2, 0.25) is 0 Å². The van der Waals surface area contributed by atoms with Crippen LogP contribution in [0.4, 0.5) is 0 Å². The fourth-order valence-corrected chi connectivity index (χ4v) is 1.23. The molecule has 0 fully saturated rings. The molecule has 0 aliphatic carbocycles. The summed E-state index contributed by atoms with van der Waals surface area (Å²) in [4.78, 5) is 0. The minimum atomic E-state index is 1.10. The molecule has 0 saturated heterocycles. The molecular weight excluding hydrogens is 146 g/mol. The molecule has 1 heteroatoms. The van der Waals surface area contributed by atoms with Gasteiger partial charge in [0.15, 0.2) is 0 Å². The van der Waals surface area contributed by atoms with E-state index in [-0.39, 0.29) is 0 Å². The highest BCUT2D eigenvalue weighted by atomic mass is 15.3. The first kappa shape index (κ1) is 11.7. The van der Waals surface area contributed by atoms with Crippen LogP contribution in [0.25, 0.3) is 0 Å². The first-order valence-corrected chi connectivity index (χ1v) is 4.97. The Labute approximate surface area is 77.7 Å². The molecule has 0 rings (SSSR count). The maximum absolute atomic E-state index is 3.71. The summed E-state index contributed by atoms with van der Waals surface area (Å²) in [6.07, 6.45) is 8.63. The SMILES string of the molecule is C=CCCCCCC[N+](C)(C)C. The molecule has 0 aromatic carbocycles. The van der Waals surface area contributed by atoms with Gasteiger partial charge in [0.05, 0.1) is 27.7 Å². The van der Waals surface area contributed by atoms with Crippen molar-refractivity contribution in [3.63, 3.8) is 0 Å². The zero-order valence-corrected chi connectivity index (χ0v) is 8.97. The van der Waals surface area contributed by atoms with Gasteiger partial charge in [-0.15, -0.1) is 6.58 Å². The lowest BCUT2D eigenvalue weighted by Crippen LogP contribution is -2.35. The Morgan fingerprint density at radius 2 is 1.58 bits per heavy atom. The lowest BCUT2D eigenvalue weighted by atomic mass is 10.1. The molecule has 72 valence electrons. The molecule has 0 spiro atoms. The number of quaternary nitrogens is 1. The van der Waals surface area contributed by atoms with Crippen LogP contribution in [0, 0.1) is 0 Å². The van der Waals surface area contributed by atoms with E-state index < -0.39 is 0 Å². The summed E-state index contributed by atoms with van der Waals surface area (Å²) in [5.41, 5.74) is 0. The molecular formula is C11H24N+. The van der Waals surface area contributed by atoms with Gasteiger partial charge < -0.3 is 4.48 Å². The fraction of sp³-hybridized carbons (Fsp3) is 0.818. The Bertz CT molecular complexity index is 111. The van der Waals surface area contributed by atoms with Crippen LogP contribution < -0.4 is 0 Å². The molecule has 0 amide bonds. The molecule has 0 aromatic rings. The van der Waals surface area contributed by atoms with Crippen LogP contribution in [0.1, 0.15) is 32.1 Å². The highest BCUT2D eigenvalue weighted by molar-refractivity contribution is 4.65. The summed E-state index contributed by atoms with van der Waals surface area (Å²) in [5.74, 6) is 0. The quantitative estimate of drug-likeness (QED) is 0.313. The molecule has 0 atom stereocenters. The monoisotopic (exact) mass is 170 g/mol. The van der Waals surface area contributed by atoms with E-state index in [0.29, 0.717) is 0 Å². The third-order valence-electron chi connectivity index (χ3n) is 1.99. The first-order chi connectivity index (χ1) is 5.56. The van der Waals surface area contributed by atoms with Crippen molar-refractivity contribution < 1.29 is 4.48 Å². The van der Waals surface area contributed by atoms with Gasteiger partial charge in [-0.05, 0) is 25.7 Å². The number of rotatable bonds is 7. The largest absolute Gasteiger partial charge is 0.331 e. The van der Waals surface area contributed by atoms with Gasteiger partial charge >= 0.3 is 0 Å². The highest BCUT2D eigenvalue weighted by Gasteiger charge is 2.04. The summed E-state index contributed by atoms with van der Waals surface area (Å²) in [6.45, 7) is 5.01. The molecule has 0 N–H and O–H groups in total. The van der Waals surface area contributed by atoms with Gasteiger partial charge in [-0.2, -0.15) is 0 Å². The van der Waals surface area contributed by atoms with Crippen molar-refractivity contribution in [3.05, 3.63) is 12.7 Å². The van der Waals surface area contributed by atoms with E-state index in [1.54, 1.807) is 0 Å². The lowest BCUT2D eigenvalue weighted by Gasteiger charge is -2.23. The minimum Gasteiger partial charge on any atom is -0.331 e. The average Bonchev–Trinajstić information content (AvgIpc) is 1.94. The number of nitrogens with zero attached hydrogens (tertiary/aromatic N) is 1. The number of hydrogen-bond donors (Lipinski definition) is 0. The van der Waals surface area contributed by atoms with Crippen LogP contribution in [0.2, 0.25) is 0 Å². The molecule has 0 bridgehead atoms. The summed E-state index contributed by atoms with van der Waals surface area (Å²) >= 11 is 0. The molecule has 0 aliphatic rings. The molecule has 1 nitrogen and oxygen atoms in total. The zero-order chi connectivity index (χ0) is 9.45. The minimum absolute atomic E-state index is 1.10. The van der Waals surface area contributed by atoms with E-state index in [0.717, 1.165) is 4.48 Å². The van der Waals surface area contributed by atoms with Crippen molar-refractivity contribution in [2.45, 2.75) is 32.1 Å².